The number of nitrogens with one attached hydrogen (secondary N) is 1. The van der Waals surface area contributed by atoms with Crippen LogP contribution in [0.25, 0.3) is 11.0 Å². The van der Waals surface area contributed by atoms with Crippen LogP contribution in [0.5, 0.6) is 5.75 Å². The maximum atomic E-state index is 13.4. The van der Waals surface area contributed by atoms with Gasteiger partial charge in [0, 0.05) is 18.4 Å². The number of anilines is 2. The SMILES string of the molecule is Cc1cc(Nc2ncnc3ccn(CCCN(C)C)c23)ccc1OCc1cccc(F)c1. The molecule has 0 radical (unpaired) electrons. The van der Waals surface area contributed by atoms with Gasteiger partial charge >= 0.3 is 0 Å². The molecule has 0 aliphatic rings. The smallest absolute Gasteiger partial charge is 0.158 e. The number of ether oxygens (including phenoxy) is 1. The number of rotatable bonds is 9. The Morgan fingerprint density at radius 2 is 1.97 bits per heavy atom. The Morgan fingerprint density at radius 1 is 1.09 bits per heavy atom. The molecule has 2 aromatic carbocycles. The van der Waals surface area contributed by atoms with E-state index in [0.29, 0.717) is 6.61 Å². The molecule has 7 heteroatoms. The molecule has 32 heavy (non-hydrogen) atoms. The average molecular weight is 434 g/mol. The van der Waals surface area contributed by atoms with Crippen molar-refractivity contribution in [3.63, 3.8) is 0 Å². The van der Waals surface area contributed by atoms with Crippen LogP contribution in [-0.2, 0) is 13.2 Å². The van der Waals surface area contributed by atoms with Crippen LogP contribution in [0.3, 0.4) is 0 Å². The summed E-state index contributed by atoms with van der Waals surface area (Å²) < 4.78 is 21.5. The van der Waals surface area contributed by atoms with Gasteiger partial charge in [0.25, 0.3) is 0 Å². The number of hydrogen-bond acceptors (Lipinski definition) is 5. The maximum Gasteiger partial charge on any atom is 0.158 e. The van der Waals surface area contributed by atoms with Crippen molar-refractivity contribution in [2.24, 2.45) is 0 Å². The summed E-state index contributed by atoms with van der Waals surface area (Å²) >= 11 is 0. The molecular formula is C25H28FN5O. The van der Waals surface area contributed by atoms with Gasteiger partial charge in [0.15, 0.2) is 5.82 Å². The highest BCUT2D eigenvalue weighted by Crippen LogP contribution is 2.28. The number of hydrogen-bond donors (Lipinski definition) is 1. The summed E-state index contributed by atoms with van der Waals surface area (Å²) in [6, 6.07) is 14.4. The lowest BCUT2D eigenvalue weighted by Gasteiger charge is -2.14. The normalized spacial score (nSPS) is 11.3. The molecule has 4 aromatic rings. The van der Waals surface area contributed by atoms with Crippen LogP contribution in [0, 0.1) is 12.7 Å². The van der Waals surface area contributed by atoms with E-state index < -0.39 is 0 Å². The number of nitrogens with zero attached hydrogens (tertiary/aromatic N) is 4. The van der Waals surface area contributed by atoms with Crippen LogP contribution in [0.1, 0.15) is 17.5 Å². The first-order valence-corrected chi connectivity index (χ1v) is 10.7. The minimum atomic E-state index is -0.259. The van der Waals surface area contributed by atoms with Gasteiger partial charge < -0.3 is 19.5 Å². The van der Waals surface area contributed by atoms with Gasteiger partial charge in [-0.2, -0.15) is 0 Å². The molecule has 6 nitrogen and oxygen atoms in total. The molecule has 4 rings (SSSR count). The van der Waals surface area contributed by atoms with Gasteiger partial charge in [0.05, 0.1) is 5.52 Å². The Labute approximate surface area is 187 Å². The maximum absolute atomic E-state index is 13.4. The van der Waals surface area contributed by atoms with E-state index in [1.54, 1.807) is 12.4 Å². The van der Waals surface area contributed by atoms with Crippen molar-refractivity contribution < 1.29 is 9.13 Å². The van der Waals surface area contributed by atoms with Gasteiger partial charge in [-0.05, 0) is 81.5 Å². The highest BCUT2D eigenvalue weighted by molar-refractivity contribution is 5.88. The monoisotopic (exact) mass is 433 g/mol. The summed E-state index contributed by atoms with van der Waals surface area (Å²) in [6.07, 6.45) is 4.69. The molecule has 0 fully saturated rings. The van der Waals surface area contributed by atoms with Crippen LogP contribution in [0.2, 0.25) is 0 Å². The third kappa shape index (κ3) is 5.23. The number of aromatic nitrogens is 3. The number of benzene rings is 2. The van der Waals surface area contributed by atoms with Crippen molar-refractivity contribution in [1.29, 1.82) is 0 Å². The molecule has 0 atom stereocenters. The molecule has 2 aromatic heterocycles. The van der Waals surface area contributed by atoms with E-state index in [9.17, 15) is 4.39 Å². The van der Waals surface area contributed by atoms with Crippen molar-refractivity contribution in [3.8, 4) is 5.75 Å². The first-order valence-electron chi connectivity index (χ1n) is 10.7. The number of fused-ring (bicyclic) bond motifs is 1. The molecule has 0 saturated carbocycles. The molecule has 0 bridgehead atoms. The second-order valence-corrected chi connectivity index (χ2v) is 8.15. The first kappa shape index (κ1) is 21.8. The second-order valence-electron chi connectivity index (χ2n) is 8.15. The van der Waals surface area contributed by atoms with Gasteiger partial charge in [0.1, 0.15) is 30.0 Å². The quantitative estimate of drug-likeness (QED) is 0.395. The molecule has 0 saturated heterocycles. The van der Waals surface area contributed by atoms with Gasteiger partial charge in [-0.25, -0.2) is 14.4 Å². The standard InChI is InChI=1S/C25H28FN5O/c1-18-14-21(8-9-23(18)32-16-19-6-4-7-20(26)15-19)29-25-24-22(27-17-28-25)10-13-31(24)12-5-11-30(2)3/h4,6-10,13-15,17H,5,11-12,16H2,1-3H3,(H,27,28,29). The molecule has 166 valence electrons. The minimum Gasteiger partial charge on any atom is -0.489 e. The lowest BCUT2D eigenvalue weighted by atomic mass is 10.2. The van der Waals surface area contributed by atoms with E-state index in [2.05, 4.69) is 45.0 Å². The summed E-state index contributed by atoms with van der Waals surface area (Å²) in [6.45, 7) is 4.23. The zero-order chi connectivity index (χ0) is 22.5. The highest BCUT2D eigenvalue weighted by atomic mass is 19.1. The van der Waals surface area contributed by atoms with Gasteiger partial charge in [0.2, 0.25) is 0 Å². The summed E-state index contributed by atoms with van der Waals surface area (Å²) in [5.41, 5.74) is 4.61. The van der Waals surface area contributed by atoms with Crippen LogP contribution < -0.4 is 10.1 Å². The number of halogens is 1. The lowest BCUT2D eigenvalue weighted by Crippen LogP contribution is -2.15. The Hall–Kier alpha value is -3.45. The lowest BCUT2D eigenvalue weighted by molar-refractivity contribution is 0.303. The second kappa shape index (κ2) is 9.78. The Morgan fingerprint density at radius 3 is 2.75 bits per heavy atom. The van der Waals surface area contributed by atoms with Crippen molar-refractivity contribution in [2.75, 3.05) is 26.0 Å². The fourth-order valence-electron chi connectivity index (χ4n) is 3.68. The zero-order valence-electron chi connectivity index (χ0n) is 18.7. The molecule has 2 heterocycles. The first-order chi connectivity index (χ1) is 15.5. The molecule has 0 unspecified atom stereocenters. The average Bonchev–Trinajstić information content (AvgIpc) is 3.17. The molecule has 0 spiro atoms. The third-order valence-electron chi connectivity index (χ3n) is 5.28. The molecular weight excluding hydrogens is 405 g/mol. The largest absolute Gasteiger partial charge is 0.489 e. The summed E-state index contributed by atoms with van der Waals surface area (Å²) in [7, 11) is 4.16. The predicted octanol–water partition coefficient (Wildman–Crippen LogP) is 5.15. The van der Waals surface area contributed by atoms with Gasteiger partial charge in [-0.1, -0.05) is 12.1 Å². The van der Waals surface area contributed by atoms with E-state index in [-0.39, 0.29) is 5.82 Å². The third-order valence-corrected chi connectivity index (χ3v) is 5.28. The topological polar surface area (TPSA) is 55.2 Å². The molecule has 0 aliphatic carbocycles. The fourth-order valence-corrected chi connectivity index (χ4v) is 3.68. The van der Waals surface area contributed by atoms with Crippen molar-refractivity contribution in [1.82, 2.24) is 19.4 Å². The van der Waals surface area contributed by atoms with E-state index in [4.69, 9.17) is 4.74 Å². The van der Waals surface area contributed by atoms with Crippen molar-refractivity contribution in [3.05, 3.63) is 78.0 Å². The molecule has 0 amide bonds. The Balaban J connectivity index is 1.49. The van der Waals surface area contributed by atoms with Crippen LogP contribution in [-0.4, -0.2) is 40.1 Å². The van der Waals surface area contributed by atoms with Crippen LogP contribution in [0.15, 0.2) is 61.1 Å². The summed E-state index contributed by atoms with van der Waals surface area (Å²) in [5, 5.41) is 3.43. The van der Waals surface area contributed by atoms with E-state index in [0.717, 1.165) is 58.9 Å². The minimum absolute atomic E-state index is 0.259. The Kier molecular flexibility index (Phi) is 6.66. The fraction of sp³-hybridized carbons (Fsp3) is 0.280. The molecule has 0 aliphatic heterocycles. The van der Waals surface area contributed by atoms with Crippen molar-refractivity contribution >= 4 is 22.5 Å². The zero-order valence-corrected chi connectivity index (χ0v) is 18.7. The van der Waals surface area contributed by atoms with E-state index >= 15 is 0 Å². The van der Waals surface area contributed by atoms with Gasteiger partial charge in [-0.15, -0.1) is 0 Å². The molecule has 1 N–H and O–H groups in total. The van der Waals surface area contributed by atoms with Crippen LogP contribution >= 0.6 is 0 Å². The van der Waals surface area contributed by atoms with E-state index in [1.807, 2.05) is 37.3 Å². The van der Waals surface area contributed by atoms with Crippen LogP contribution in [0.4, 0.5) is 15.9 Å². The predicted molar refractivity (Wildman–Crippen MR) is 126 cm³/mol. The van der Waals surface area contributed by atoms with E-state index in [1.165, 1.54) is 12.1 Å². The number of aryl methyl sites for hydroxylation is 2. The summed E-state index contributed by atoms with van der Waals surface area (Å²) in [5.74, 6) is 1.28. The highest BCUT2D eigenvalue weighted by Gasteiger charge is 2.11. The van der Waals surface area contributed by atoms with Gasteiger partial charge in [-0.3, -0.25) is 0 Å². The Bertz CT molecular complexity index is 1200. The summed E-state index contributed by atoms with van der Waals surface area (Å²) in [4.78, 5) is 11.1. The van der Waals surface area contributed by atoms with Crippen molar-refractivity contribution in [2.45, 2.75) is 26.5 Å².